The number of hydrogen-bond acceptors (Lipinski definition) is 2. The quantitative estimate of drug-likeness (QED) is 0.833. The van der Waals surface area contributed by atoms with Gasteiger partial charge in [0.25, 0.3) is 6.02 Å². The van der Waals surface area contributed by atoms with Gasteiger partial charge in [-0.3, -0.25) is 0 Å². The van der Waals surface area contributed by atoms with Crippen molar-refractivity contribution in [3.05, 3.63) is 64.7 Å². The fourth-order valence-electron chi connectivity index (χ4n) is 2.36. The Kier molecular flexibility index (Phi) is 2.75. The maximum Gasteiger partial charge on any atom is 0.290 e. The molecule has 0 amide bonds. The first kappa shape index (κ1) is 10.7. The van der Waals surface area contributed by atoms with E-state index in [4.69, 9.17) is 20.5 Å². The Morgan fingerprint density at radius 1 is 1.29 bits per heavy atom. The van der Waals surface area contributed by atoms with Crippen LogP contribution in [0.1, 0.15) is 29.0 Å². The van der Waals surface area contributed by atoms with Crippen molar-refractivity contribution in [1.82, 2.24) is 0 Å². The second-order valence-corrected chi connectivity index (χ2v) is 5.18. The number of rotatable bonds is 2. The number of halogens is 1. The Morgan fingerprint density at radius 3 is 2.81 bits per heavy atom. The zero-order chi connectivity index (χ0) is 17.4. The molecule has 108 valence electrons. The average molecular weight is 305 g/mol. The van der Waals surface area contributed by atoms with Gasteiger partial charge in [0.1, 0.15) is 0 Å². The molecule has 1 N–H and O–H groups in total. The van der Waals surface area contributed by atoms with Crippen molar-refractivity contribution in [1.29, 1.82) is 0 Å². The number of ether oxygens (including phenoxy) is 1. The molecule has 1 atom stereocenters. The van der Waals surface area contributed by atoms with Crippen molar-refractivity contribution in [3.63, 3.8) is 0 Å². The minimum Gasteiger partial charge on any atom is -0.449 e. The first-order chi connectivity index (χ1) is 11.4. The fraction of sp³-hybridized carbons (Fsp3) is 0.235. The lowest BCUT2D eigenvalue weighted by Crippen LogP contribution is -2.39. The Labute approximate surface area is 133 Å². The summed E-state index contributed by atoms with van der Waals surface area (Å²) in [6.45, 7) is -0.142. The lowest BCUT2D eigenvalue weighted by atomic mass is 9.90. The zero-order valence-electron chi connectivity index (χ0n) is 14.6. The molecule has 0 spiro atoms. The average Bonchev–Trinajstić information content (AvgIpc) is 2.54. The van der Waals surface area contributed by atoms with Gasteiger partial charge in [-0.2, -0.15) is 0 Å². The number of anilines is 1. The highest BCUT2D eigenvalue weighted by Crippen LogP contribution is 2.41. The molecule has 21 heavy (non-hydrogen) atoms. The second kappa shape index (κ2) is 5.41. The lowest BCUT2D eigenvalue weighted by molar-refractivity contribution is 0.112. The largest absolute Gasteiger partial charge is 0.449 e. The molecule has 0 aliphatic carbocycles. The van der Waals surface area contributed by atoms with E-state index in [1.165, 1.54) is 0 Å². The summed E-state index contributed by atoms with van der Waals surface area (Å²) in [6.07, 6.45) is 0. The third-order valence-electron chi connectivity index (χ3n) is 3.33. The normalized spacial score (nSPS) is 25.0. The molecule has 0 bridgehead atoms. The van der Waals surface area contributed by atoms with E-state index in [1.54, 1.807) is 42.5 Å². The van der Waals surface area contributed by atoms with E-state index in [2.05, 4.69) is 10.3 Å². The van der Waals surface area contributed by atoms with Crippen LogP contribution in [0.25, 0.3) is 0 Å². The van der Waals surface area contributed by atoms with Crippen LogP contribution in [-0.2, 0) is 10.3 Å². The number of aliphatic imine (C=N–C) groups is 1. The van der Waals surface area contributed by atoms with Crippen LogP contribution in [0.3, 0.4) is 0 Å². The highest BCUT2D eigenvalue weighted by atomic mass is 35.5. The molecule has 4 heteroatoms. The maximum atomic E-state index is 8.22. The Balaban J connectivity index is 2.35. The summed E-state index contributed by atoms with van der Waals surface area (Å²) >= 11 is 6.14. The van der Waals surface area contributed by atoms with E-state index >= 15 is 0 Å². The Bertz CT molecular complexity index is 777. The van der Waals surface area contributed by atoms with Gasteiger partial charge >= 0.3 is 0 Å². The Morgan fingerprint density at radius 2 is 2.10 bits per heavy atom. The fourth-order valence-corrected chi connectivity index (χ4v) is 2.53. The van der Waals surface area contributed by atoms with Gasteiger partial charge in [0.15, 0.2) is 5.60 Å². The maximum absolute atomic E-state index is 8.22. The van der Waals surface area contributed by atoms with Crippen molar-refractivity contribution in [2.75, 3.05) is 11.9 Å². The van der Waals surface area contributed by atoms with Crippen molar-refractivity contribution >= 4 is 23.3 Å². The minimum atomic E-state index is -2.47. The first-order valence-electron chi connectivity index (χ1n) is 8.24. The summed E-state index contributed by atoms with van der Waals surface area (Å²) in [7, 11) is 0. The molecular weight excluding hydrogens is 285 g/mol. The number of hydrogen-bond donors (Lipinski definition) is 1. The predicted molar refractivity (Wildman–Crippen MR) is 87.0 cm³/mol. The summed E-state index contributed by atoms with van der Waals surface area (Å²) in [6, 6.07) is 14.2. The zero-order valence-corrected chi connectivity index (χ0v) is 12.3. The van der Waals surface area contributed by atoms with Gasteiger partial charge in [0.05, 0.1) is 0 Å². The SMILES string of the molecule is [2H][13C]([2H])([2H])C1(c2ccccc2)OC(=NCC)Nc2ccc(Cl)cc21. The topological polar surface area (TPSA) is 33.6 Å². The molecule has 0 fully saturated rings. The van der Waals surface area contributed by atoms with Crippen molar-refractivity contribution in [3.8, 4) is 0 Å². The number of nitrogens with one attached hydrogen (secondary N) is 1. The van der Waals surface area contributed by atoms with Crippen LogP contribution in [0.2, 0.25) is 5.02 Å². The first-order valence-corrected chi connectivity index (χ1v) is 7.12. The van der Waals surface area contributed by atoms with Crippen LogP contribution < -0.4 is 5.32 Å². The standard InChI is InChI=1S/C17H17ClN2O/c1-3-19-16-20-15-10-9-13(18)11-14(15)17(2,21-16)12-7-5-4-6-8-12/h4-11H,3H2,1-2H3,(H,19,20)/i2+1D3. The molecule has 0 saturated heterocycles. The van der Waals surface area contributed by atoms with Gasteiger partial charge in [-0.25, -0.2) is 4.99 Å². The molecule has 1 heterocycles. The van der Waals surface area contributed by atoms with E-state index in [0.717, 1.165) is 0 Å². The smallest absolute Gasteiger partial charge is 0.290 e. The predicted octanol–water partition coefficient (Wildman–Crippen LogP) is 4.42. The molecular formula is C17H17ClN2O. The molecule has 2 aromatic carbocycles. The second-order valence-electron chi connectivity index (χ2n) is 4.74. The van der Waals surface area contributed by atoms with Crippen LogP contribution in [0.15, 0.2) is 53.5 Å². The summed E-state index contributed by atoms with van der Waals surface area (Å²) < 4.78 is 30.6. The van der Waals surface area contributed by atoms with Gasteiger partial charge in [0.2, 0.25) is 0 Å². The molecule has 0 saturated carbocycles. The van der Waals surface area contributed by atoms with Gasteiger partial charge in [-0.1, -0.05) is 41.9 Å². The number of amidine groups is 1. The molecule has 3 rings (SSSR count). The molecule has 0 aromatic heterocycles. The van der Waals surface area contributed by atoms with Crippen molar-refractivity contribution in [2.45, 2.75) is 19.4 Å². The minimum absolute atomic E-state index is 0.187. The monoisotopic (exact) mass is 304 g/mol. The van der Waals surface area contributed by atoms with E-state index in [1.807, 2.05) is 13.0 Å². The van der Waals surface area contributed by atoms with Crippen molar-refractivity contribution in [2.24, 2.45) is 4.99 Å². The van der Waals surface area contributed by atoms with E-state index in [9.17, 15) is 0 Å². The number of fused-ring (bicyclic) bond motifs is 1. The van der Waals surface area contributed by atoms with Crippen LogP contribution in [0.5, 0.6) is 0 Å². The van der Waals surface area contributed by atoms with Crippen molar-refractivity contribution < 1.29 is 8.85 Å². The third kappa shape index (κ3) is 2.49. The van der Waals surface area contributed by atoms with Gasteiger partial charge in [0, 0.05) is 26.9 Å². The van der Waals surface area contributed by atoms with E-state index in [-0.39, 0.29) is 6.02 Å². The van der Waals surface area contributed by atoms with Crippen LogP contribution in [0, 0.1) is 0 Å². The number of benzene rings is 2. The van der Waals surface area contributed by atoms with Crippen LogP contribution in [0.4, 0.5) is 5.69 Å². The highest BCUT2D eigenvalue weighted by molar-refractivity contribution is 6.30. The molecule has 1 unspecified atom stereocenters. The molecule has 3 nitrogen and oxygen atoms in total. The lowest BCUT2D eigenvalue weighted by Gasteiger charge is -2.38. The van der Waals surface area contributed by atoms with Gasteiger partial charge < -0.3 is 10.1 Å². The van der Waals surface area contributed by atoms with E-state index < -0.39 is 12.5 Å². The third-order valence-corrected chi connectivity index (χ3v) is 3.57. The van der Waals surface area contributed by atoms with Gasteiger partial charge in [-0.15, -0.1) is 0 Å². The highest BCUT2D eigenvalue weighted by Gasteiger charge is 2.38. The van der Waals surface area contributed by atoms with Crippen LogP contribution in [-0.4, -0.2) is 12.6 Å². The summed E-state index contributed by atoms with van der Waals surface area (Å²) in [5.74, 6) is 0. The summed E-state index contributed by atoms with van der Waals surface area (Å²) in [5.41, 5.74) is -0.0544. The number of nitrogens with zero attached hydrogens (tertiary/aromatic N) is 1. The Hall–Kier alpha value is -2.00. The summed E-state index contributed by atoms with van der Waals surface area (Å²) in [5, 5.41) is 3.48. The molecule has 1 aliphatic rings. The molecule has 0 radical (unpaired) electrons. The van der Waals surface area contributed by atoms with Crippen LogP contribution >= 0.6 is 11.6 Å². The summed E-state index contributed by atoms with van der Waals surface area (Å²) in [4.78, 5) is 4.24. The van der Waals surface area contributed by atoms with Gasteiger partial charge in [-0.05, 0) is 37.5 Å². The van der Waals surface area contributed by atoms with E-state index in [0.29, 0.717) is 28.4 Å². The molecule has 2 aromatic rings. The molecule has 1 aliphatic heterocycles.